The Labute approximate surface area is 129 Å². The number of carbonyl (C=O) groups excluding carboxylic acids is 1. The van der Waals surface area contributed by atoms with Gasteiger partial charge in [-0.2, -0.15) is 0 Å². The van der Waals surface area contributed by atoms with E-state index in [4.69, 9.17) is 14.2 Å². The highest BCUT2D eigenvalue weighted by Gasteiger charge is 2.16. The molecule has 0 saturated carbocycles. The van der Waals surface area contributed by atoms with E-state index >= 15 is 0 Å². The maximum Gasteiger partial charge on any atom is 0.251 e. The Morgan fingerprint density at radius 1 is 1.10 bits per heavy atom. The van der Waals surface area contributed by atoms with Gasteiger partial charge in [-0.15, -0.1) is 0 Å². The van der Waals surface area contributed by atoms with E-state index in [1.54, 1.807) is 12.1 Å². The summed E-state index contributed by atoms with van der Waals surface area (Å²) in [5.74, 6) is 2.42. The van der Waals surface area contributed by atoms with E-state index in [0.29, 0.717) is 40.3 Å². The average molecular weight is 314 g/mol. The van der Waals surface area contributed by atoms with Crippen LogP contribution >= 0.6 is 0 Å². The summed E-state index contributed by atoms with van der Waals surface area (Å²) < 4.78 is 15.7. The van der Waals surface area contributed by atoms with E-state index < -0.39 is 0 Å². The van der Waals surface area contributed by atoms with Gasteiger partial charge in [-0.3, -0.25) is 4.79 Å². The Hall–Kier alpha value is -1.56. The van der Waals surface area contributed by atoms with Crippen molar-refractivity contribution in [3.8, 4) is 17.2 Å². The van der Waals surface area contributed by atoms with Crippen molar-refractivity contribution in [1.29, 1.82) is 0 Å². The van der Waals surface area contributed by atoms with Crippen LogP contribution in [0.2, 0.25) is 0 Å². The van der Waals surface area contributed by atoms with E-state index in [9.17, 15) is 4.79 Å². The fourth-order valence-electron chi connectivity index (χ4n) is 1.88. The molecule has 0 aliphatic rings. The normalized spacial score (nSPS) is 10.4. The molecule has 6 heteroatoms. The second kappa shape index (κ2) is 8.67. The number of nitrogens with one attached hydrogen (secondary N) is 1. The fourth-order valence-corrected chi connectivity index (χ4v) is 2.60. The minimum atomic E-state index is -0.138. The lowest BCUT2D eigenvalue weighted by Gasteiger charge is -2.14. The number of hydrogen-bond acceptors (Lipinski definition) is 4. The van der Waals surface area contributed by atoms with Crippen LogP contribution < -0.4 is 19.5 Å². The molecule has 0 fully saturated rings. The highest BCUT2D eigenvalue weighted by molar-refractivity contribution is 7.95. The summed E-state index contributed by atoms with van der Waals surface area (Å²) in [7, 11) is 5.00. The molecule has 0 saturated heterocycles. The maximum absolute atomic E-state index is 12.2. The van der Waals surface area contributed by atoms with Gasteiger partial charge in [0.25, 0.3) is 5.91 Å². The molecule has 0 aromatic heterocycles. The Balaban J connectivity index is 2.80. The summed E-state index contributed by atoms with van der Waals surface area (Å²) in [5, 5.41) is 2.91. The first-order valence-electron chi connectivity index (χ1n) is 6.65. The first-order valence-corrected chi connectivity index (χ1v) is 8.87. The second-order valence-corrected chi connectivity index (χ2v) is 7.09. The smallest absolute Gasteiger partial charge is 0.251 e. The summed E-state index contributed by atoms with van der Waals surface area (Å²) >= 11 is 0. The lowest BCUT2D eigenvalue weighted by Crippen LogP contribution is -2.25. The number of amides is 1. The van der Waals surface area contributed by atoms with Crippen LogP contribution in [0.3, 0.4) is 0 Å². The van der Waals surface area contributed by atoms with Gasteiger partial charge in [0.15, 0.2) is 11.5 Å². The monoisotopic (exact) mass is 314 g/mol. The largest absolute Gasteiger partial charge is 0.493 e. The molecule has 0 heterocycles. The van der Waals surface area contributed by atoms with E-state index in [1.165, 1.54) is 21.3 Å². The van der Waals surface area contributed by atoms with Crippen molar-refractivity contribution in [1.82, 2.24) is 5.32 Å². The number of carbonyl (C=O) groups is 1. The number of rotatable bonds is 8. The molecule has 0 spiro atoms. The van der Waals surface area contributed by atoms with Crippen molar-refractivity contribution in [3.63, 3.8) is 0 Å². The van der Waals surface area contributed by atoms with Crippen LogP contribution in [-0.2, 0) is 10.9 Å². The van der Waals surface area contributed by atoms with Gasteiger partial charge >= 0.3 is 0 Å². The van der Waals surface area contributed by atoms with Crippen LogP contribution in [0.15, 0.2) is 12.1 Å². The van der Waals surface area contributed by atoms with Crippen molar-refractivity contribution in [2.75, 3.05) is 46.1 Å². The van der Waals surface area contributed by atoms with E-state index in [-0.39, 0.29) is 5.91 Å². The molecule has 118 valence electrons. The van der Waals surface area contributed by atoms with Gasteiger partial charge in [-0.05, 0) is 23.0 Å². The molecule has 1 aromatic rings. The van der Waals surface area contributed by atoms with Crippen molar-refractivity contribution in [2.45, 2.75) is 6.42 Å². The Morgan fingerprint density at radius 2 is 1.67 bits per heavy atom. The standard InChI is InChI=1S/C15H23NO4S/c1-18-12-9-11(10-13(19-2)14(12)20-3)15(17)16-7-6-8-21(4)5/h9-10H,6-8H2,1-5H3/p+1. The highest BCUT2D eigenvalue weighted by atomic mass is 32.2. The van der Waals surface area contributed by atoms with Gasteiger partial charge in [-0.1, -0.05) is 0 Å². The van der Waals surface area contributed by atoms with Gasteiger partial charge in [0, 0.05) is 18.5 Å². The molecule has 5 nitrogen and oxygen atoms in total. The lowest BCUT2D eigenvalue weighted by atomic mass is 10.1. The number of ether oxygens (including phenoxy) is 3. The summed E-state index contributed by atoms with van der Waals surface area (Å²) in [6, 6.07) is 3.31. The van der Waals surface area contributed by atoms with E-state index in [2.05, 4.69) is 17.8 Å². The number of hydrogen-bond donors (Lipinski definition) is 1. The summed E-state index contributed by atoms with van der Waals surface area (Å²) in [6.07, 6.45) is 5.37. The molecule has 1 aromatic carbocycles. The molecular weight excluding hydrogens is 290 g/mol. The van der Waals surface area contributed by atoms with Gasteiger partial charge in [-0.25, -0.2) is 0 Å². The van der Waals surface area contributed by atoms with Crippen LogP contribution in [0.4, 0.5) is 0 Å². The molecule has 1 rings (SSSR count). The third-order valence-corrected chi connectivity index (χ3v) is 4.05. The molecule has 0 aliphatic carbocycles. The third kappa shape index (κ3) is 5.04. The van der Waals surface area contributed by atoms with Crippen molar-refractivity contribution < 1.29 is 19.0 Å². The first kappa shape index (κ1) is 17.5. The molecule has 0 unspecified atom stereocenters. The Kier molecular flexibility index (Phi) is 7.22. The van der Waals surface area contributed by atoms with Gasteiger partial charge in [0.05, 0.1) is 33.8 Å². The van der Waals surface area contributed by atoms with Gasteiger partial charge < -0.3 is 19.5 Å². The zero-order valence-electron chi connectivity index (χ0n) is 13.3. The summed E-state index contributed by atoms with van der Waals surface area (Å²) in [6.45, 7) is 0.667. The second-order valence-electron chi connectivity index (χ2n) is 4.71. The summed E-state index contributed by atoms with van der Waals surface area (Å²) in [5.41, 5.74) is 0.497. The van der Waals surface area contributed by atoms with Crippen molar-refractivity contribution in [3.05, 3.63) is 17.7 Å². The molecule has 0 aliphatic heterocycles. The highest BCUT2D eigenvalue weighted by Crippen LogP contribution is 2.38. The van der Waals surface area contributed by atoms with Crippen LogP contribution in [0.1, 0.15) is 16.8 Å². The molecule has 1 amide bonds. The van der Waals surface area contributed by atoms with Crippen LogP contribution in [-0.4, -0.2) is 52.0 Å². The molecular formula is C15H24NO4S+. The number of benzene rings is 1. The Morgan fingerprint density at radius 3 is 2.10 bits per heavy atom. The van der Waals surface area contributed by atoms with E-state index in [0.717, 1.165) is 12.2 Å². The third-order valence-electron chi connectivity index (χ3n) is 2.94. The predicted molar refractivity (Wildman–Crippen MR) is 87.1 cm³/mol. The first-order chi connectivity index (χ1) is 10.0. The lowest BCUT2D eigenvalue weighted by molar-refractivity contribution is 0.0953. The number of methoxy groups -OCH3 is 3. The van der Waals surface area contributed by atoms with Crippen molar-refractivity contribution in [2.24, 2.45) is 0 Å². The molecule has 0 radical (unpaired) electrons. The quantitative estimate of drug-likeness (QED) is 0.586. The van der Waals surface area contributed by atoms with Crippen LogP contribution in [0, 0.1) is 0 Å². The van der Waals surface area contributed by atoms with Crippen LogP contribution in [0.25, 0.3) is 0 Å². The molecule has 21 heavy (non-hydrogen) atoms. The zero-order valence-corrected chi connectivity index (χ0v) is 14.1. The average Bonchev–Trinajstić information content (AvgIpc) is 2.49. The predicted octanol–water partition coefficient (Wildman–Crippen LogP) is 1.71. The van der Waals surface area contributed by atoms with Crippen LogP contribution in [0.5, 0.6) is 17.2 Å². The van der Waals surface area contributed by atoms with E-state index in [1.807, 2.05) is 0 Å². The molecule has 0 atom stereocenters. The fraction of sp³-hybridized carbons (Fsp3) is 0.533. The molecule has 1 N–H and O–H groups in total. The topological polar surface area (TPSA) is 56.8 Å². The minimum absolute atomic E-state index is 0.138. The van der Waals surface area contributed by atoms with Crippen molar-refractivity contribution >= 4 is 16.8 Å². The Bertz CT molecular complexity index is 452. The summed E-state index contributed by atoms with van der Waals surface area (Å²) in [4.78, 5) is 12.2. The van der Waals surface area contributed by atoms with Gasteiger partial charge in [0.1, 0.15) is 5.75 Å². The maximum atomic E-state index is 12.2. The molecule has 0 bridgehead atoms. The zero-order chi connectivity index (χ0) is 15.8. The minimum Gasteiger partial charge on any atom is -0.493 e. The SMILES string of the molecule is COc1cc(C(=O)NCCC[S+](C)C)cc(OC)c1OC. The van der Waals surface area contributed by atoms with Gasteiger partial charge in [0.2, 0.25) is 5.75 Å².